The van der Waals surface area contributed by atoms with E-state index in [1.54, 1.807) is 14.1 Å². The first kappa shape index (κ1) is 20.1. The van der Waals surface area contributed by atoms with Gasteiger partial charge in [0.05, 0.1) is 16.4 Å². The summed E-state index contributed by atoms with van der Waals surface area (Å²) >= 11 is 0. The molecule has 1 atom stereocenters. The van der Waals surface area contributed by atoms with Crippen molar-refractivity contribution in [3.63, 3.8) is 0 Å². The van der Waals surface area contributed by atoms with Gasteiger partial charge >= 0.3 is 5.97 Å². The van der Waals surface area contributed by atoms with Gasteiger partial charge in [0.1, 0.15) is 5.82 Å². The molecule has 0 aliphatic heterocycles. The maximum Gasteiger partial charge on any atom is 0.313 e. The molecule has 4 rings (SSSR count). The van der Waals surface area contributed by atoms with Crippen LogP contribution in [0.4, 0.5) is 0 Å². The number of aromatic amines is 1. The van der Waals surface area contributed by atoms with Crippen molar-refractivity contribution in [3.8, 4) is 0 Å². The van der Waals surface area contributed by atoms with Gasteiger partial charge < -0.3 is 14.6 Å². The van der Waals surface area contributed by atoms with Crippen LogP contribution in [-0.4, -0.2) is 40.8 Å². The van der Waals surface area contributed by atoms with Crippen molar-refractivity contribution in [3.05, 3.63) is 66.0 Å². The van der Waals surface area contributed by atoms with Gasteiger partial charge in [-0.2, -0.15) is 0 Å². The number of benzene rings is 2. The summed E-state index contributed by atoms with van der Waals surface area (Å²) in [5.41, 5.74) is 1.87. The van der Waals surface area contributed by atoms with Crippen LogP contribution in [0.5, 0.6) is 0 Å². The first-order chi connectivity index (χ1) is 14.5. The number of imidazole rings is 1. The molecule has 1 aliphatic carbocycles. The molecule has 1 heterocycles. The van der Waals surface area contributed by atoms with Crippen LogP contribution >= 0.6 is 0 Å². The lowest BCUT2D eigenvalue weighted by Gasteiger charge is -2.29. The molecule has 1 amide bonds. The van der Waals surface area contributed by atoms with E-state index < -0.39 is 11.5 Å². The summed E-state index contributed by atoms with van der Waals surface area (Å²) in [5, 5.41) is 0. The van der Waals surface area contributed by atoms with Gasteiger partial charge in [-0.25, -0.2) is 4.98 Å². The molecule has 0 saturated heterocycles. The van der Waals surface area contributed by atoms with Gasteiger partial charge in [0.25, 0.3) is 5.91 Å². The van der Waals surface area contributed by atoms with E-state index in [1.165, 1.54) is 4.90 Å². The molecule has 1 aromatic heterocycles. The van der Waals surface area contributed by atoms with Crippen molar-refractivity contribution in [2.24, 2.45) is 5.41 Å². The summed E-state index contributed by atoms with van der Waals surface area (Å²) < 4.78 is 5.92. The van der Waals surface area contributed by atoms with E-state index >= 15 is 0 Å². The predicted molar refractivity (Wildman–Crippen MR) is 115 cm³/mol. The fourth-order valence-electron chi connectivity index (χ4n) is 4.27. The van der Waals surface area contributed by atoms with Crippen LogP contribution in [0.15, 0.2) is 54.6 Å². The molecule has 6 nitrogen and oxygen atoms in total. The summed E-state index contributed by atoms with van der Waals surface area (Å²) in [6, 6.07) is 17.0. The van der Waals surface area contributed by atoms with Gasteiger partial charge in [-0.3, -0.25) is 9.59 Å². The highest BCUT2D eigenvalue weighted by Crippen LogP contribution is 2.43. The second-order valence-electron chi connectivity index (χ2n) is 8.29. The highest BCUT2D eigenvalue weighted by atomic mass is 16.5. The van der Waals surface area contributed by atoms with Crippen LogP contribution < -0.4 is 0 Å². The third-order valence-corrected chi connectivity index (χ3v) is 5.93. The number of esters is 1. The Kier molecular flexibility index (Phi) is 5.57. The fraction of sp³-hybridized carbons (Fsp3) is 0.375. The number of rotatable bonds is 6. The molecule has 156 valence electrons. The summed E-state index contributed by atoms with van der Waals surface area (Å²) in [6.45, 7) is 0. The SMILES string of the molecule is CN(C)C(=O)[C@H](OC(=O)C1(Cc2nc3ccccc3[nH]2)CCCC1)c1ccccc1. The predicted octanol–water partition coefficient (Wildman–Crippen LogP) is 4.04. The molecule has 1 aliphatic rings. The minimum Gasteiger partial charge on any atom is -0.447 e. The normalized spacial score (nSPS) is 16.3. The Hall–Kier alpha value is -3.15. The third-order valence-electron chi connectivity index (χ3n) is 5.93. The number of hydrogen-bond donors (Lipinski definition) is 1. The number of nitrogens with zero attached hydrogens (tertiary/aromatic N) is 2. The van der Waals surface area contributed by atoms with E-state index in [1.807, 2.05) is 54.6 Å². The lowest BCUT2D eigenvalue weighted by Crippen LogP contribution is -2.38. The number of H-pyrrole nitrogens is 1. The van der Waals surface area contributed by atoms with Crippen LogP contribution in [-0.2, 0) is 20.7 Å². The van der Waals surface area contributed by atoms with Crippen LogP contribution in [0.1, 0.15) is 43.2 Å². The van der Waals surface area contributed by atoms with Crippen molar-refractivity contribution < 1.29 is 14.3 Å². The maximum absolute atomic E-state index is 13.5. The number of aromatic nitrogens is 2. The average molecular weight is 405 g/mol. The Morgan fingerprint density at radius 3 is 2.40 bits per heavy atom. The molecule has 30 heavy (non-hydrogen) atoms. The molecule has 3 aromatic rings. The monoisotopic (exact) mass is 405 g/mol. The van der Waals surface area contributed by atoms with Gasteiger partial charge in [0.2, 0.25) is 6.10 Å². The molecular formula is C24H27N3O3. The van der Waals surface area contributed by atoms with Gasteiger partial charge in [0, 0.05) is 26.1 Å². The molecule has 1 N–H and O–H groups in total. The number of fused-ring (bicyclic) bond motifs is 1. The molecule has 2 aromatic carbocycles. The van der Waals surface area contributed by atoms with E-state index in [2.05, 4.69) is 9.97 Å². The second-order valence-corrected chi connectivity index (χ2v) is 8.29. The van der Waals surface area contributed by atoms with Crippen LogP contribution in [0, 0.1) is 5.41 Å². The zero-order chi connectivity index (χ0) is 21.1. The third kappa shape index (κ3) is 3.95. The number of para-hydroxylation sites is 2. The second kappa shape index (κ2) is 8.30. The van der Waals surface area contributed by atoms with Gasteiger partial charge in [0.15, 0.2) is 0 Å². The molecule has 1 fully saturated rings. The quantitative estimate of drug-likeness (QED) is 0.628. The van der Waals surface area contributed by atoms with Crippen molar-refractivity contribution in [1.29, 1.82) is 0 Å². The van der Waals surface area contributed by atoms with Crippen LogP contribution in [0.2, 0.25) is 0 Å². The number of hydrogen-bond acceptors (Lipinski definition) is 4. The Bertz CT molecular complexity index is 1000. The highest BCUT2D eigenvalue weighted by molar-refractivity contribution is 5.86. The summed E-state index contributed by atoms with van der Waals surface area (Å²) in [7, 11) is 3.34. The summed E-state index contributed by atoms with van der Waals surface area (Å²) in [6.07, 6.45) is 2.95. The molecule has 0 bridgehead atoms. The van der Waals surface area contributed by atoms with E-state index in [0.29, 0.717) is 12.0 Å². The zero-order valence-corrected chi connectivity index (χ0v) is 17.4. The fourth-order valence-corrected chi connectivity index (χ4v) is 4.27. The Labute approximate surface area is 176 Å². The number of ether oxygens (including phenoxy) is 1. The summed E-state index contributed by atoms with van der Waals surface area (Å²) in [5.74, 6) is 0.223. The Morgan fingerprint density at radius 2 is 1.73 bits per heavy atom. The first-order valence-electron chi connectivity index (χ1n) is 10.4. The lowest BCUT2D eigenvalue weighted by atomic mass is 9.82. The van der Waals surface area contributed by atoms with Crippen LogP contribution in [0.25, 0.3) is 11.0 Å². The molecule has 0 spiro atoms. The van der Waals surface area contributed by atoms with E-state index in [-0.39, 0.29) is 11.9 Å². The smallest absolute Gasteiger partial charge is 0.313 e. The van der Waals surface area contributed by atoms with E-state index in [9.17, 15) is 9.59 Å². The van der Waals surface area contributed by atoms with Crippen molar-refractivity contribution in [2.75, 3.05) is 14.1 Å². The topological polar surface area (TPSA) is 75.3 Å². The molecule has 0 unspecified atom stereocenters. The van der Waals surface area contributed by atoms with E-state index in [4.69, 9.17) is 4.74 Å². The molecule has 1 saturated carbocycles. The Morgan fingerprint density at radius 1 is 1.07 bits per heavy atom. The standard InChI is InChI=1S/C24H27N3O3/c1-27(2)22(28)21(17-10-4-3-5-11-17)30-23(29)24(14-8-9-15-24)16-20-25-18-12-6-7-13-19(18)26-20/h3-7,10-13,21H,8-9,14-16H2,1-2H3,(H,25,26)/t21-/m1/s1. The lowest BCUT2D eigenvalue weighted by molar-refractivity contribution is -0.169. The maximum atomic E-state index is 13.5. The largest absolute Gasteiger partial charge is 0.447 e. The molecular weight excluding hydrogens is 378 g/mol. The van der Waals surface area contributed by atoms with Crippen molar-refractivity contribution in [2.45, 2.75) is 38.2 Å². The van der Waals surface area contributed by atoms with Crippen molar-refractivity contribution in [1.82, 2.24) is 14.9 Å². The molecule has 0 radical (unpaired) electrons. The first-order valence-corrected chi connectivity index (χ1v) is 10.4. The van der Waals surface area contributed by atoms with Crippen LogP contribution in [0.3, 0.4) is 0 Å². The Balaban J connectivity index is 1.61. The summed E-state index contributed by atoms with van der Waals surface area (Å²) in [4.78, 5) is 35.7. The molecule has 6 heteroatoms. The number of likely N-dealkylation sites (N-methyl/N-ethyl adjacent to an activating group) is 1. The number of carbonyl (C=O) groups excluding carboxylic acids is 2. The number of amides is 1. The zero-order valence-electron chi connectivity index (χ0n) is 17.4. The highest BCUT2D eigenvalue weighted by Gasteiger charge is 2.45. The van der Waals surface area contributed by atoms with Crippen molar-refractivity contribution >= 4 is 22.9 Å². The minimum atomic E-state index is -0.943. The minimum absolute atomic E-state index is 0.244. The van der Waals surface area contributed by atoms with Gasteiger partial charge in [-0.05, 0) is 25.0 Å². The number of nitrogens with one attached hydrogen (secondary N) is 1. The van der Waals surface area contributed by atoms with Gasteiger partial charge in [-0.15, -0.1) is 0 Å². The number of carbonyl (C=O) groups is 2. The van der Waals surface area contributed by atoms with Gasteiger partial charge in [-0.1, -0.05) is 55.3 Å². The average Bonchev–Trinajstić information content (AvgIpc) is 3.39. The van der Waals surface area contributed by atoms with E-state index in [0.717, 1.165) is 42.5 Å².